The van der Waals surface area contributed by atoms with E-state index in [1.165, 1.54) is 13.2 Å². The summed E-state index contributed by atoms with van der Waals surface area (Å²) in [5.74, 6) is -0.779. The Balaban J connectivity index is 2.82. The van der Waals surface area contributed by atoms with Gasteiger partial charge in [0.2, 0.25) is 5.91 Å². The second kappa shape index (κ2) is 8.15. The van der Waals surface area contributed by atoms with Gasteiger partial charge in [0.1, 0.15) is 18.8 Å². The first-order chi connectivity index (χ1) is 10.7. The predicted octanol–water partition coefficient (Wildman–Crippen LogP) is 1.90. The molecule has 0 spiro atoms. The van der Waals surface area contributed by atoms with Gasteiger partial charge in [0.05, 0.1) is 23.0 Å². The van der Waals surface area contributed by atoms with Crippen LogP contribution in [0.5, 0.6) is 0 Å². The topological polar surface area (TPSA) is 100 Å². The molecule has 124 valence electrons. The van der Waals surface area contributed by atoms with E-state index in [-0.39, 0.29) is 19.1 Å². The number of nitrogens with one attached hydrogen (secondary N) is 2. The van der Waals surface area contributed by atoms with Crippen molar-refractivity contribution < 1.29 is 19.1 Å². The molecular weight excluding hydrogens is 298 g/mol. The van der Waals surface area contributed by atoms with Crippen LogP contribution in [0.15, 0.2) is 18.2 Å². The largest absolute Gasteiger partial charge is 0.459 e. The van der Waals surface area contributed by atoms with Crippen LogP contribution in [0, 0.1) is 11.3 Å². The van der Waals surface area contributed by atoms with Gasteiger partial charge in [0.15, 0.2) is 0 Å². The van der Waals surface area contributed by atoms with Crippen molar-refractivity contribution in [1.29, 1.82) is 5.26 Å². The maximum atomic E-state index is 11.7. The Morgan fingerprint density at radius 2 is 1.96 bits per heavy atom. The summed E-state index contributed by atoms with van der Waals surface area (Å²) < 4.78 is 9.96. The molecule has 0 bridgehead atoms. The second-order valence-corrected chi connectivity index (χ2v) is 5.79. The van der Waals surface area contributed by atoms with Crippen molar-refractivity contribution >= 4 is 23.3 Å². The molecule has 1 rings (SSSR count). The van der Waals surface area contributed by atoms with Gasteiger partial charge in [-0.25, -0.2) is 0 Å². The van der Waals surface area contributed by atoms with Gasteiger partial charge in [-0.05, 0) is 39.0 Å². The number of rotatable bonds is 6. The summed E-state index contributed by atoms with van der Waals surface area (Å²) in [7, 11) is 1.41. The SMILES string of the molecule is COCC(=O)Nc1cc(C#N)ccc1NCC(=O)OC(C)(C)C. The molecule has 2 N–H and O–H groups in total. The van der Waals surface area contributed by atoms with E-state index >= 15 is 0 Å². The van der Waals surface area contributed by atoms with E-state index in [1.807, 2.05) is 6.07 Å². The number of esters is 1. The normalized spacial score (nSPS) is 10.6. The minimum atomic E-state index is -0.570. The first kappa shape index (κ1) is 18.5. The number of anilines is 2. The van der Waals surface area contributed by atoms with E-state index in [4.69, 9.17) is 14.7 Å². The lowest BCUT2D eigenvalue weighted by molar-refractivity contribution is -0.152. The van der Waals surface area contributed by atoms with Crippen LogP contribution in [0.4, 0.5) is 11.4 Å². The van der Waals surface area contributed by atoms with Gasteiger partial charge < -0.3 is 20.1 Å². The summed E-state index contributed by atoms with van der Waals surface area (Å²) in [6.45, 7) is 5.17. The van der Waals surface area contributed by atoms with Crippen molar-refractivity contribution in [2.75, 3.05) is 30.9 Å². The van der Waals surface area contributed by atoms with Crippen LogP contribution in [0.3, 0.4) is 0 Å². The Bertz CT molecular complexity index is 615. The molecule has 0 radical (unpaired) electrons. The average Bonchev–Trinajstić information content (AvgIpc) is 2.44. The highest BCUT2D eigenvalue weighted by Gasteiger charge is 2.16. The maximum absolute atomic E-state index is 11.7. The van der Waals surface area contributed by atoms with Gasteiger partial charge in [-0.3, -0.25) is 9.59 Å². The molecule has 0 saturated heterocycles. The average molecular weight is 319 g/mol. The quantitative estimate of drug-likeness (QED) is 0.777. The second-order valence-electron chi connectivity index (χ2n) is 5.79. The molecule has 0 aliphatic rings. The maximum Gasteiger partial charge on any atom is 0.325 e. The van der Waals surface area contributed by atoms with E-state index in [2.05, 4.69) is 10.6 Å². The van der Waals surface area contributed by atoms with Crippen molar-refractivity contribution in [3.8, 4) is 6.07 Å². The van der Waals surface area contributed by atoms with Gasteiger partial charge in [0, 0.05) is 7.11 Å². The van der Waals surface area contributed by atoms with Crippen LogP contribution in [-0.4, -0.2) is 37.7 Å². The van der Waals surface area contributed by atoms with Gasteiger partial charge >= 0.3 is 5.97 Å². The van der Waals surface area contributed by atoms with Crippen molar-refractivity contribution in [1.82, 2.24) is 0 Å². The summed E-state index contributed by atoms with van der Waals surface area (Å²) in [5.41, 5.74) is 0.730. The molecule has 1 amide bonds. The lowest BCUT2D eigenvalue weighted by atomic mass is 10.2. The minimum absolute atomic E-state index is 0.0592. The molecule has 0 aliphatic carbocycles. The van der Waals surface area contributed by atoms with Gasteiger partial charge in [-0.1, -0.05) is 0 Å². The predicted molar refractivity (Wildman–Crippen MR) is 86.0 cm³/mol. The third kappa shape index (κ3) is 6.80. The Morgan fingerprint density at radius 1 is 1.26 bits per heavy atom. The van der Waals surface area contributed by atoms with E-state index in [0.29, 0.717) is 16.9 Å². The molecular formula is C16H21N3O4. The zero-order chi connectivity index (χ0) is 17.5. The van der Waals surface area contributed by atoms with Crippen LogP contribution in [-0.2, 0) is 19.1 Å². The molecule has 0 unspecified atom stereocenters. The smallest absolute Gasteiger partial charge is 0.325 e. The fraction of sp³-hybridized carbons (Fsp3) is 0.438. The molecule has 0 atom stereocenters. The number of hydrogen-bond acceptors (Lipinski definition) is 6. The highest BCUT2D eigenvalue weighted by molar-refractivity contribution is 5.95. The van der Waals surface area contributed by atoms with Gasteiger partial charge in [-0.2, -0.15) is 5.26 Å². The number of nitriles is 1. The lowest BCUT2D eigenvalue weighted by Crippen LogP contribution is -2.28. The molecule has 0 saturated carbocycles. The molecule has 7 nitrogen and oxygen atoms in total. The molecule has 1 aromatic rings. The Labute approximate surface area is 135 Å². The third-order valence-electron chi connectivity index (χ3n) is 2.54. The number of carbonyl (C=O) groups excluding carboxylic acids is 2. The number of benzene rings is 1. The fourth-order valence-electron chi connectivity index (χ4n) is 1.73. The van der Waals surface area contributed by atoms with Gasteiger partial charge in [-0.15, -0.1) is 0 Å². The standard InChI is InChI=1S/C16H21N3O4/c1-16(2,3)23-15(21)9-18-12-6-5-11(8-17)7-13(12)19-14(20)10-22-4/h5-7,18H,9-10H2,1-4H3,(H,19,20). The minimum Gasteiger partial charge on any atom is -0.459 e. The number of nitrogens with zero attached hydrogens (tertiary/aromatic N) is 1. The van der Waals surface area contributed by atoms with Crippen LogP contribution < -0.4 is 10.6 Å². The molecule has 1 aromatic carbocycles. The number of amides is 1. The van der Waals surface area contributed by atoms with Crippen LogP contribution >= 0.6 is 0 Å². The first-order valence-electron chi connectivity index (χ1n) is 7.04. The van der Waals surface area contributed by atoms with E-state index in [1.54, 1.807) is 32.9 Å². The molecule has 0 fully saturated rings. The van der Waals surface area contributed by atoms with Crippen molar-refractivity contribution in [3.05, 3.63) is 23.8 Å². The molecule has 7 heteroatoms. The van der Waals surface area contributed by atoms with Crippen LogP contribution in [0.2, 0.25) is 0 Å². The summed E-state index contributed by atoms with van der Waals surface area (Å²) in [4.78, 5) is 23.4. The monoisotopic (exact) mass is 319 g/mol. The Kier molecular flexibility index (Phi) is 6.54. The molecule has 0 heterocycles. The van der Waals surface area contributed by atoms with Crippen molar-refractivity contribution in [2.45, 2.75) is 26.4 Å². The van der Waals surface area contributed by atoms with E-state index in [0.717, 1.165) is 0 Å². The Morgan fingerprint density at radius 3 is 2.52 bits per heavy atom. The van der Waals surface area contributed by atoms with Crippen LogP contribution in [0.25, 0.3) is 0 Å². The zero-order valence-electron chi connectivity index (χ0n) is 13.7. The zero-order valence-corrected chi connectivity index (χ0v) is 13.7. The van der Waals surface area contributed by atoms with Crippen molar-refractivity contribution in [2.24, 2.45) is 0 Å². The molecule has 0 aromatic heterocycles. The number of carbonyl (C=O) groups is 2. The van der Waals surface area contributed by atoms with E-state index < -0.39 is 11.6 Å². The number of ether oxygens (including phenoxy) is 2. The molecule has 0 aliphatic heterocycles. The van der Waals surface area contributed by atoms with Crippen LogP contribution in [0.1, 0.15) is 26.3 Å². The lowest BCUT2D eigenvalue weighted by Gasteiger charge is -2.20. The highest BCUT2D eigenvalue weighted by atomic mass is 16.6. The van der Waals surface area contributed by atoms with E-state index in [9.17, 15) is 9.59 Å². The number of methoxy groups -OCH3 is 1. The summed E-state index contributed by atoms with van der Waals surface area (Å²) in [6.07, 6.45) is 0. The fourth-order valence-corrected chi connectivity index (χ4v) is 1.73. The highest BCUT2D eigenvalue weighted by Crippen LogP contribution is 2.23. The summed E-state index contributed by atoms with van der Waals surface area (Å²) >= 11 is 0. The number of hydrogen-bond donors (Lipinski definition) is 2. The molecule has 23 heavy (non-hydrogen) atoms. The summed E-state index contributed by atoms with van der Waals surface area (Å²) in [5, 5.41) is 14.5. The van der Waals surface area contributed by atoms with Gasteiger partial charge in [0.25, 0.3) is 0 Å². The Hall–Kier alpha value is -2.59. The first-order valence-corrected chi connectivity index (χ1v) is 7.04. The third-order valence-corrected chi connectivity index (χ3v) is 2.54. The van der Waals surface area contributed by atoms with Crippen molar-refractivity contribution in [3.63, 3.8) is 0 Å². The summed E-state index contributed by atoms with van der Waals surface area (Å²) in [6, 6.07) is 6.72.